The number of halogens is 6. The molecule has 0 spiro atoms. The summed E-state index contributed by atoms with van der Waals surface area (Å²) in [6.07, 6.45) is -0.462. The average Bonchev–Trinajstić information content (AvgIpc) is 1.99. The summed E-state index contributed by atoms with van der Waals surface area (Å²) in [4.78, 5) is 7.76. The van der Waals surface area contributed by atoms with Crippen molar-refractivity contribution in [2.24, 2.45) is 0 Å². The third kappa shape index (κ3) is 2.65. The molecule has 1 rings (SSSR count). The van der Waals surface area contributed by atoms with Crippen molar-refractivity contribution in [2.75, 3.05) is 0 Å². The van der Waals surface area contributed by atoms with Gasteiger partial charge in [-0.15, -0.1) is 0 Å². The molecule has 0 saturated heterocycles. The van der Waals surface area contributed by atoms with E-state index in [0.717, 1.165) is 0 Å². The Kier molecular flexibility index (Phi) is 1.97. The molecule has 0 aliphatic rings. The molecule has 0 aromatic heterocycles. The normalized spacial score (nSPS) is 16.7. The summed E-state index contributed by atoms with van der Waals surface area (Å²) < 4.78 is 73.6. The molecule has 0 N–H and O–H groups in total. The minimum atomic E-state index is -9.92. The highest BCUT2D eigenvalue weighted by molar-refractivity contribution is 8.45. The fourth-order valence-corrected chi connectivity index (χ4v) is 1.84. The molecule has 0 aliphatic heterocycles. The van der Waals surface area contributed by atoms with Crippen molar-refractivity contribution in [3.63, 3.8) is 0 Å². The SMILES string of the molecule is O=Cc1cc(F)ccc1S(F)(F)(F)(F)F. The quantitative estimate of drug-likeness (QED) is 0.565. The molecule has 1 aromatic rings. The lowest BCUT2D eigenvalue weighted by molar-refractivity contribution is 0.111. The minimum absolute atomic E-state index is 0.111. The Morgan fingerprint density at radius 1 is 1.07 bits per heavy atom. The highest BCUT2D eigenvalue weighted by Gasteiger charge is 2.66. The van der Waals surface area contributed by atoms with E-state index in [0.29, 0.717) is 0 Å². The van der Waals surface area contributed by atoms with Crippen molar-refractivity contribution in [3.8, 4) is 0 Å². The number of benzene rings is 1. The molecule has 0 radical (unpaired) electrons. The van der Waals surface area contributed by atoms with Crippen LogP contribution in [0.1, 0.15) is 10.4 Å². The second-order valence-corrected chi connectivity index (χ2v) is 5.15. The van der Waals surface area contributed by atoms with Gasteiger partial charge in [0.2, 0.25) is 0 Å². The third-order valence-electron chi connectivity index (χ3n) is 1.51. The van der Waals surface area contributed by atoms with Crippen molar-refractivity contribution < 1.29 is 28.6 Å². The molecular weight excluding hydrogens is 246 g/mol. The number of aldehydes is 1. The van der Waals surface area contributed by atoms with Crippen LogP contribution in [-0.2, 0) is 0 Å². The van der Waals surface area contributed by atoms with Gasteiger partial charge in [-0.05, 0) is 18.2 Å². The largest absolute Gasteiger partial charge is 0.311 e. The van der Waals surface area contributed by atoms with Gasteiger partial charge >= 0.3 is 10.2 Å². The maximum atomic E-state index is 12.4. The van der Waals surface area contributed by atoms with Crippen molar-refractivity contribution in [1.29, 1.82) is 0 Å². The van der Waals surface area contributed by atoms with E-state index >= 15 is 0 Å². The molecule has 0 amide bonds. The second kappa shape index (κ2) is 2.49. The van der Waals surface area contributed by atoms with E-state index in [1.165, 1.54) is 0 Å². The van der Waals surface area contributed by atoms with E-state index in [4.69, 9.17) is 0 Å². The number of hydrogen-bond acceptors (Lipinski definition) is 1. The number of carbonyl (C=O) groups excluding carboxylic acids is 1. The van der Waals surface area contributed by atoms with Gasteiger partial charge in [0.1, 0.15) is 10.7 Å². The lowest BCUT2D eigenvalue weighted by atomic mass is 10.2. The van der Waals surface area contributed by atoms with Gasteiger partial charge in [0.25, 0.3) is 0 Å². The van der Waals surface area contributed by atoms with Gasteiger partial charge in [0.05, 0.1) is 0 Å². The first-order valence-electron chi connectivity index (χ1n) is 3.43. The van der Waals surface area contributed by atoms with Crippen LogP contribution in [0.4, 0.5) is 23.8 Å². The Morgan fingerprint density at radius 2 is 1.60 bits per heavy atom. The molecule has 0 heterocycles. The van der Waals surface area contributed by atoms with E-state index in [1.807, 2.05) is 0 Å². The summed E-state index contributed by atoms with van der Waals surface area (Å²) in [5, 5.41) is 0. The minimum Gasteiger partial charge on any atom is -0.298 e. The molecule has 0 fully saturated rings. The van der Waals surface area contributed by atoms with Gasteiger partial charge in [-0.1, -0.05) is 19.4 Å². The topological polar surface area (TPSA) is 17.1 Å². The third-order valence-corrected chi connectivity index (χ3v) is 2.72. The first-order chi connectivity index (χ1) is 6.44. The monoisotopic (exact) mass is 250 g/mol. The van der Waals surface area contributed by atoms with Crippen LogP contribution in [0, 0.1) is 5.82 Å². The van der Waals surface area contributed by atoms with Crippen LogP contribution < -0.4 is 0 Å². The van der Waals surface area contributed by atoms with E-state index in [9.17, 15) is 28.6 Å². The van der Waals surface area contributed by atoms with Crippen molar-refractivity contribution in [2.45, 2.75) is 4.90 Å². The zero-order valence-electron chi connectivity index (χ0n) is 6.89. The van der Waals surface area contributed by atoms with Gasteiger partial charge in [-0.2, -0.15) is 0 Å². The molecule has 15 heavy (non-hydrogen) atoms. The van der Waals surface area contributed by atoms with Crippen molar-refractivity contribution in [3.05, 3.63) is 29.6 Å². The zero-order chi connectivity index (χ0) is 12.0. The summed E-state index contributed by atoms with van der Waals surface area (Å²) in [6, 6.07) is 0.196. The summed E-state index contributed by atoms with van der Waals surface area (Å²) in [7, 11) is -9.92. The number of rotatable bonds is 2. The van der Waals surface area contributed by atoms with Crippen molar-refractivity contribution in [1.82, 2.24) is 0 Å². The molecular formula is C7H4F6OS. The predicted octanol–water partition coefficient (Wildman–Crippen LogP) is 4.30. The predicted molar refractivity (Wildman–Crippen MR) is 43.2 cm³/mol. The average molecular weight is 250 g/mol. The molecule has 0 saturated carbocycles. The highest BCUT2D eigenvalue weighted by Crippen LogP contribution is 3.02. The Labute approximate surface area is 80.4 Å². The molecule has 0 bridgehead atoms. The van der Waals surface area contributed by atoms with Crippen molar-refractivity contribution >= 4 is 16.5 Å². The molecule has 1 aromatic carbocycles. The Hall–Kier alpha value is -1.18. The maximum Gasteiger partial charge on any atom is 0.311 e. The van der Waals surface area contributed by atoms with Crippen LogP contribution in [0.25, 0.3) is 0 Å². The van der Waals surface area contributed by atoms with Gasteiger partial charge < -0.3 is 0 Å². The Balaban J connectivity index is 3.61. The maximum absolute atomic E-state index is 12.4. The highest BCUT2D eigenvalue weighted by atomic mass is 32.5. The summed E-state index contributed by atoms with van der Waals surface area (Å²) >= 11 is 0. The number of hydrogen-bond donors (Lipinski definition) is 0. The van der Waals surface area contributed by atoms with E-state index in [1.54, 1.807) is 0 Å². The lowest BCUT2D eigenvalue weighted by Gasteiger charge is -2.41. The van der Waals surface area contributed by atoms with Crippen LogP contribution in [0.2, 0.25) is 0 Å². The van der Waals surface area contributed by atoms with Crippen LogP contribution in [-0.4, -0.2) is 6.29 Å². The molecule has 0 atom stereocenters. The molecule has 1 nitrogen and oxygen atoms in total. The first kappa shape index (κ1) is 11.9. The van der Waals surface area contributed by atoms with Gasteiger partial charge in [0.15, 0.2) is 6.29 Å². The van der Waals surface area contributed by atoms with E-state index in [2.05, 4.69) is 0 Å². The lowest BCUT2D eigenvalue weighted by Crippen LogP contribution is -2.09. The van der Waals surface area contributed by atoms with Crippen LogP contribution in [0.15, 0.2) is 23.1 Å². The van der Waals surface area contributed by atoms with E-state index in [-0.39, 0.29) is 18.2 Å². The van der Waals surface area contributed by atoms with Crippen LogP contribution in [0.3, 0.4) is 0 Å². The smallest absolute Gasteiger partial charge is 0.298 e. The van der Waals surface area contributed by atoms with Gasteiger partial charge in [-0.3, -0.25) is 4.79 Å². The molecule has 8 heteroatoms. The van der Waals surface area contributed by atoms with Gasteiger partial charge in [-0.25, -0.2) is 4.39 Å². The fraction of sp³-hybridized carbons (Fsp3) is 0. The molecule has 86 valence electrons. The van der Waals surface area contributed by atoms with E-state index < -0.39 is 32.8 Å². The Morgan fingerprint density at radius 3 is 2.00 bits per heavy atom. The molecule has 0 unspecified atom stereocenters. The first-order valence-corrected chi connectivity index (χ1v) is 5.38. The van der Waals surface area contributed by atoms with Crippen LogP contribution in [0.5, 0.6) is 0 Å². The second-order valence-electron chi connectivity index (χ2n) is 2.77. The Bertz CT molecular complexity index is 422. The van der Waals surface area contributed by atoms with Gasteiger partial charge in [0, 0.05) is 5.56 Å². The standard InChI is InChI=1S/C7H4F6OS/c8-6-1-2-7(5(3-6)4-14)15(9,10,11,12)13/h1-4H. The number of carbonyl (C=O) groups is 1. The fourth-order valence-electron chi connectivity index (χ4n) is 0.963. The zero-order valence-corrected chi connectivity index (χ0v) is 7.71. The summed E-state index contributed by atoms with van der Waals surface area (Å²) in [6.45, 7) is 0. The van der Waals surface area contributed by atoms with Crippen LogP contribution >= 0.6 is 10.2 Å². The summed E-state index contributed by atoms with van der Waals surface area (Å²) in [5.41, 5.74) is -1.41. The molecule has 0 aliphatic carbocycles. The summed E-state index contributed by atoms with van der Waals surface area (Å²) in [5.74, 6) is -1.19.